The molecule has 3 aromatic rings. The molecule has 0 aromatic heterocycles. The van der Waals surface area contributed by atoms with Crippen LogP contribution in [0.25, 0.3) is 11.1 Å². The number of ether oxygens (including phenoxy) is 2. The number of alkyl halides is 3. The second-order valence-corrected chi connectivity index (χ2v) is 10.4. The van der Waals surface area contributed by atoms with Gasteiger partial charge in [-0.15, -0.1) is 11.8 Å². The largest absolute Gasteiger partial charge is 0.496 e. The quantitative estimate of drug-likeness (QED) is 0.220. The van der Waals surface area contributed by atoms with Crippen LogP contribution in [0.4, 0.5) is 22.4 Å². The van der Waals surface area contributed by atoms with Crippen molar-refractivity contribution in [2.45, 2.75) is 56.5 Å². The van der Waals surface area contributed by atoms with Crippen LogP contribution in [0.5, 0.6) is 5.75 Å². The minimum Gasteiger partial charge on any atom is -0.496 e. The van der Waals surface area contributed by atoms with E-state index in [2.05, 4.69) is 0 Å². The van der Waals surface area contributed by atoms with E-state index in [1.807, 2.05) is 51.3 Å². The maximum Gasteiger partial charge on any atom is 0.416 e. The lowest BCUT2D eigenvalue weighted by Crippen LogP contribution is -2.31. The number of carbonyl (C=O) groups excluding carboxylic acids is 1. The van der Waals surface area contributed by atoms with Gasteiger partial charge in [0, 0.05) is 16.5 Å². The number of hydrogen-bond donors (Lipinski definition) is 0. The van der Waals surface area contributed by atoms with Gasteiger partial charge in [-0.3, -0.25) is 4.90 Å². The Balaban J connectivity index is 1.79. The fraction of sp³-hybridized carbons (Fsp3) is 0.345. The first-order chi connectivity index (χ1) is 17.9. The van der Waals surface area contributed by atoms with Gasteiger partial charge in [-0.05, 0) is 71.7 Å². The van der Waals surface area contributed by atoms with Gasteiger partial charge in [-0.1, -0.05) is 32.0 Å². The van der Waals surface area contributed by atoms with Crippen molar-refractivity contribution in [3.63, 3.8) is 0 Å². The lowest BCUT2D eigenvalue weighted by atomic mass is 9.92. The Morgan fingerprint density at radius 1 is 1.08 bits per heavy atom. The zero-order valence-electron chi connectivity index (χ0n) is 21.7. The average Bonchev–Trinajstić information content (AvgIpc) is 3.16. The number of cyclic esters (lactones) is 1. The Bertz CT molecular complexity index is 1340. The number of benzene rings is 3. The van der Waals surface area contributed by atoms with Crippen LogP contribution < -0.4 is 4.74 Å². The van der Waals surface area contributed by atoms with Gasteiger partial charge >= 0.3 is 12.3 Å². The van der Waals surface area contributed by atoms with E-state index in [1.165, 1.54) is 24.1 Å². The van der Waals surface area contributed by atoms with Gasteiger partial charge in [0.2, 0.25) is 0 Å². The minimum atomic E-state index is -4.58. The summed E-state index contributed by atoms with van der Waals surface area (Å²) in [5, 5.41) is 0. The molecule has 4 rings (SSSR count). The molecule has 0 spiro atoms. The Morgan fingerprint density at radius 2 is 1.82 bits per heavy atom. The van der Waals surface area contributed by atoms with E-state index in [0.717, 1.165) is 22.6 Å². The molecule has 0 N–H and O–H groups in total. The first kappa shape index (κ1) is 27.8. The third-order valence-electron chi connectivity index (χ3n) is 6.82. The molecule has 1 aliphatic heterocycles. The van der Waals surface area contributed by atoms with Crippen LogP contribution in [-0.2, 0) is 17.5 Å². The summed E-state index contributed by atoms with van der Waals surface area (Å²) in [5.74, 6) is -0.429. The van der Waals surface area contributed by atoms with Crippen molar-refractivity contribution in [3.05, 3.63) is 82.7 Å². The molecule has 1 saturated heterocycles. The normalized spacial score (nSPS) is 17.7. The number of carbonyl (C=O) groups is 1. The van der Waals surface area contributed by atoms with Crippen molar-refractivity contribution in [2.75, 3.05) is 13.4 Å². The summed E-state index contributed by atoms with van der Waals surface area (Å²) >= 11 is 1.56. The molecule has 202 valence electrons. The zero-order valence-corrected chi connectivity index (χ0v) is 22.5. The van der Waals surface area contributed by atoms with E-state index >= 15 is 0 Å². The van der Waals surface area contributed by atoms with Gasteiger partial charge in [0.1, 0.15) is 17.7 Å². The summed E-state index contributed by atoms with van der Waals surface area (Å²) in [7, 11) is 1.38. The van der Waals surface area contributed by atoms with Gasteiger partial charge in [-0.2, -0.15) is 13.2 Å². The monoisotopic (exact) mass is 547 g/mol. The van der Waals surface area contributed by atoms with E-state index in [1.54, 1.807) is 17.8 Å². The molecule has 1 heterocycles. The molecule has 1 aliphatic rings. The summed E-state index contributed by atoms with van der Waals surface area (Å²) < 4.78 is 66.9. The van der Waals surface area contributed by atoms with Gasteiger partial charge in [0.15, 0.2) is 0 Å². The van der Waals surface area contributed by atoms with Crippen LogP contribution in [0.1, 0.15) is 55.0 Å². The van der Waals surface area contributed by atoms with Crippen molar-refractivity contribution in [1.29, 1.82) is 0 Å². The third kappa shape index (κ3) is 5.48. The molecule has 0 bridgehead atoms. The smallest absolute Gasteiger partial charge is 0.416 e. The van der Waals surface area contributed by atoms with Crippen molar-refractivity contribution < 1.29 is 31.8 Å². The number of thioether (sulfide) groups is 1. The maximum absolute atomic E-state index is 14.7. The van der Waals surface area contributed by atoms with Gasteiger partial charge < -0.3 is 9.47 Å². The maximum atomic E-state index is 14.7. The van der Waals surface area contributed by atoms with E-state index in [0.29, 0.717) is 16.7 Å². The number of nitrogens with zero attached hydrogens (tertiary/aromatic N) is 1. The Morgan fingerprint density at radius 3 is 2.45 bits per heavy atom. The Kier molecular flexibility index (Phi) is 7.97. The lowest BCUT2D eigenvalue weighted by Gasteiger charge is -2.24. The molecule has 1 fully saturated rings. The summed E-state index contributed by atoms with van der Waals surface area (Å²) in [6.45, 7) is 5.34. The van der Waals surface area contributed by atoms with Crippen molar-refractivity contribution >= 4 is 17.9 Å². The highest BCUT2D eigenvalue weighted by molar-refractivity contribution is 7.98. The standard InChI is InChI=1S/C29H29F4NO3S/c1-16(2)23-13-24(26(36-4)14-25(23)30)22-10-9-20(29(31,32)33)11-19(22)15-34-17(3)27(37-28(34)35)18-7-6-8-21(12-18)38-5/h6-14,16-17,27H,15H2,1-5H3/t17-,27-/m0/s1. The topological polar surface area (TPSA) is 38.8 Å². The highest BCUT2D eigenvalue weighted by atomic mass is 32.2. The molecule has 2 atom stereocenters. The van der Waals surface area contributed by atoms with E-state index in [4.69, 9.17) is 9.47 Å². The number of amides is 1. The molecule has 4 nitrogen and oxygen atoms in total. The van der Waals surface area contributed by atoms with Crippen molar-refractivity contribution in [1.82, 2.24) is 4.90 Å². The molecule has 0 aliphatic carbocycles. The highest BCUT2D eigenvalue weighted by Gasteiger charge is 2.40. The van der Waals surface area contributed by atoms with Gasteiger partial charge in [0.25, 0.3) is 0 Å². The van der Waals surface area contributed by atoms with E-state index in [-0.39, 0.29) is 23.8 Å². The summed E-state index contributed by atoms with van der Waals surface area (Å²) in [4.78, 5) is 15.4. The van der Waals surface area contributed by atoms with Crippen molar-refractivity contribution in [2.24, 2.45) is 0 Å². The molecule has 0 unspecified atom stereocenters. The molecular weight excluding hydrogens is 518 g/mol. The summed E-state index contributed by atoms with van der Waals surface area (Å²) in [5.41, 5.74) is 1.50. The van der Waals surface area contributed by atoms with Crippen LogP contribution in [0.3, 0.4) is 0 Å². The summed E-state index contributed by atoms with van der Waals surface area (Å²) in [6.07, 6.45) is -3.83. The number of halogens is 4. The molecule has 0 saturated carbocycles. The van der Waals surface area contributed by atoms with Gasteiger partial charge in [0.05, 0.1) is 25.3 Å². The molecule has 38 heavy (non-hydrogen) atoms. The van der Waals surface area contributed by atoms with Crippen LogP contribution in [0.15, 0.2) is 59.5 Å². The Labute approximate surface area is 223 Å². The van der Waals surface area contributed by atoms with Crippen LogP contribution in [0, 0.1) is 5.82 Å². The fourth-order valence-electron chi connectivity index (χ4n) is 4.72. The molecule has 1 amide bonds. The van der Waals surface area contributed by atoms with Crippen LogP contribution >= 0.6 is 11.8 Å². The fourth-order valence-corrected chi connectivity index (χ4v) is 5.19. The highest BCUT2D eigenvalue weighted by Crippen LogP contribution is 2.41. The molecule has 0 radical (unpaired) electrons. The van der Waals surface area contributed by atoms with Crippen molar-refractivity contribution in [3.8, 4) is 16.9 Å². The first-order valence-corrected chi connectivity index (χ1v) is 13.4. The number of rotatable bonds is 7. The third-order valence-corrected chi connectivity index (χ3v) is 7.54. The SMILES string of the molecule is COc1cc(F)c(C(C)C)cc1-c1ccc(C(F)(F)F)cc1CN1C(=O)O[C@H](c2cccc(SC)c2)[C@@H]1C. The van der Waals surface area contributed by atoms with E-state index < -0.39 is 35.8 Å². The molecule has 3 aromatic carbocycles. The predicted octanol–water partition coefficient (Wildman–Crippen LogP) is 8.45. The number of methoxy groups -OCH3 is 1. The Hall–Kier alpha value is -3.20. The van der Waals surface area contributed by atoms with Crippen LogP contribution in [0.2, 0.25) is 0 Å². The van der Waals surface area contributed by atoms with Gasteiger partial charge in [-0.25, -0.2) is 9.18 Å². The molecule has 9 heteroatoms. The number of hydrogen-bond acceptors (Lipinski definition) is 4. The first-order valence-electron chi connectivity index (χ1n) is 12.1. The lowest BCUT2D eigenvalue weighted by molar-refractivity contribution is -0.137. The van der Waals surface area contributed by atoms with E-state index in [9.17, 15) is 22.4 Å². The van der Waals surface area contributed by atoms with Crippen LogP contribution in [-0.4, -0.2) is 30.4 Å². The average molecular weight is 548 g/mol. The second kappa shape index (κ2) is 10.9. The second-order valence-electron chi connectivity index (χ2n) is 9.55. The summed E-state index contributed by atoms with van der Waals surface area (Å²) in [6, 6.07) is 13.4. The molecular formula is C29H29F4NO3S. The minimum absolute atomic E-state index is 0.129. The predicted molar refractivity (Wildman–Crippen MR) is 140 cm³/mol. The zero-order chi connectivity index (χ0) is 27.8.